The number of nitrogens with one attached hydrogen (secondary N) is 1. The van der Waals surface area contributed by atoms with E-state index in [2.05, 4.69) is 5.32 Å². The van der Waals surface area contributed by atoms with Crippen LogP contribution in [-0.2, 0) is 17.9 Å². The lowest BCUT2D eigenvalue weighted by atomic mass is 10.2. The molecule has 25 heavy (non-hydrogen) atoms. The fraction of sp³-hybridized carbons (Fsp3) is 0.294. The van der Waals surface area contributed by atoms with Crippen molar-refractivity contribution in [3.8, 4) is 6.07 Å². The molecule has 7 nitrogen and oxygen atoms in total. The van der Waals surface area contributed by atoms with Gasteiger partial charge in [-0.2, -0.15) is 5.26 Å². The minimum absolute atomic E-state index is 0.0197. The van der Waals surface area contributed by atoms with E-state index < -0.39 is 23.7 Å². The van der Waals surface area contributed by atoms with Crippen LogP contribution in [0.3, 0.4) is 0 Å². The van der Waals surface area contributed by atoms with E-state index in [1.54, 1.807) is 6.07 Å². The van der Waals surface area contributed by atoms with Crippen LogP contribution in [0, 0.1) is 17.1 Å². The molecule has 0 unspecified atom stereocenters. The zero-order valence-corrected chi connectivity index (χ0v) is 13.2. The monoisotopic (exact) mass is 342 g/mol. The SMILES string of the molecule is N#Cc1cn(C2CC2)c(=O)n(CC(=O)NCc2ccc(F)cc2)c1=O. The minimum Gasteiger partial charge on any atom is -0.350 e. The van der Waals surface area contributed by atoms with E-state index in [9.17, 15) is 18.8 Å². The van der Waals surface area contributed by atoms with Crippen molar-refractivity contribution in [2.24, 2.45) is 0 Å². The number of amides is 1. The maximum atomic E-state index is 12.9. The highest BCUT2D eigenvalue weighted by atomic mass is 19.1. The summed E-state index contributed by atoms with van der Waals surface area (Å²) in [6, 6.07) is 7.34. The molecule has 1 aliphatic carbocycles. The second-order valence-electron chi connectivity index (χ2n) is 5.87. The van der Waals surface area contributed by atoms with Gasteiger partial charge >= 0.3 is 5.69 Å². The van der Waals surface area contributed by atoms with Gasteiger partial charge in [-0.05, 0) is 30.5 Å². The highest BCUT2D eigenvalue weighted by Crippen LogP contribution is 2.33. The van der Waals surface area contributed by atoms with Gasteiger partial charge < -0.3 is 5.32 Å². The van der Waals surface area contributed by atoms with Crippen LogP contribution < -0.4 is 16.6 Å². The summed E-state index contributed by atoms with van der Waals surface area (Å²) >= 11 is 0. The number of nitrogens with zero attached hydrogens (tertiary/aromatic N) is 3. The number of benzene rings is 1. The highest BCUT2D eigenvalue weighted by Gasteiger charge is 2.27. The molecular weight excluding hydrogens is 327 g/mol. The summed E-state index contributed by atoms with van der Waals surface area (Å²) < 4.78 is 15.0. The van der Waals surface area contributed by atoms with Crippen LogP contribution >= 0.6 is 0 Å². The Morgan fingerprint density at radius 1 is 1.28 bits per heavy atom. The molecule has 1 aromatic heterocycles. The van der Waals surface area contributed by atoms with Crippen LogP contribution in [0.15, 0.2) is 40.1 Å². The molecule has 1 saturated carbocycles. The van der Waals surface area contributed by atoms with Gasteiger partial charge in [-0.25, -0.2) is 13.8 Å². The Morgan fingerprint density at radius 3 is 2.56 bits per heavy atom. The fourth-order valence-electron chi connectivity index (χ4n) is 2.45. The molecule has 8 heteroatoms. The summed E-state index contributed by atoms with van der Waals surface area (Å²) in [6.45, 7) is -0.330. The molecule has 0 bridgehead atoms. The third-order valence-corrected chi connectivity index (χ3v) is 3.96. The average Bonchev–Trinajstić information content (AvgIpc) is 3.43. The molecule has 3 rings (SSSR count). The largest absolute Gasteiger partial charge is 0.350 e. The Kier molecular flexibility index (Phi) is 4.48. The Labute approximate surface area is 141 Å². The summed E-state index contributed by atoms with van der Waals surface area (Å²) in [5.74, 6) is -0.920. The molecule has 0 spiro atoms. The van der Waals surface area contributed by atoms with Crippen molar-refractivity contribution in [3.63, 3.8) is 0 Å². The summed E-state index contributed by atoms with van der Waals surface area (Å²) in [7, 11) is 0. The van der Waals surface area contributed by atoms with Gasteiger partial charge in [0, 0.05) is 18.8 Å². The predicted octanol–water partition coefficient (Wildman–Crippen LogP) is 0.672. The summed E-state index contributed by atoms with van der Waals surface area (Å²) in [6.07, 6.45) is 2.87. The quantitative estimate of drug-likeness (QED) is 0.864. The summed E-state index contributed by atoms with van der Waals surface area (Å²) in [5, 5.41) is 11.6. The van der Waals surface area contributed by atoms with Crippen LogP contribution in [0.2, 0.25) is 0 Å². The Hall–Kier alpha value is -3.21. The van der Waals surface area contributed by atoms with Crippen molar-refractivity contribution in [3.05, 3.63) is 68.2 Å². The number of carbonyl (C=O) groups is 1. The van der Waals surface area contributed by atoms with Crippen molar-refractivity contribution in [2.75, 3.05) is 0 Å². The molecule has 0 saturated heterocycles. The number of nitriles is 1. The van der Waals surface area contributed by atoms with Crippen molar-refractivity contribution >= 4 is 5.91 Å². The van der Waals surface area contributed by atoms with Gasteiger partial charge in [0.05, 0.1) is 0 Å². The van der Waals surface area contributed by atoms with Crippen LogP contribution in [-0.4, -0.2) is 15.0 Å². The molecule has 1 aliphatic rings. The van der Waals surface area contributed by atoms with Crippen molar-refractivity contribution in [2.45, 2.75) is 32.0 Å². The first-order valence-corrected chi connectivity index (χ1v) is 7.77. The summed E-state index contributed by atoms with van der Waals surface area (Å²) in [4.78, 5) is 36.6. The van der Waals surface area contributed by atoms with E-state index in [1.807, 2.05) is 0 Å². The molecule has 0 radical (unpaired) electrons. The van der Waals surface area contributed by atoms with E-state index in [4.69, 9.17) is 5.26 Å². The third-order valence-electron chi connectivity index (χ3n) is 3.96. The van der Waals surface area contributed by atoms with E-state index in [0.717, 1.165) is 17.4 Å². The first kappa shape index (κ1) is 16.6. The molecule has 1 N–H and O–H groups in total. The second-order valence-corrected chi connectivity index (χ2v) is 5.87. The minimum atomic E-state index is -0.777. The lowest BCUT2D eigenvalue weighted by Crippen LogP contribution is -2.44. The van der Waals surface area contributed by atoms with Crippen LogP contribution in [0.25, 0.3) is 0 Å². The van der Waals surface area contributed by atoms with Crippen LogP contribution in [0.4, 0.5) is 4.39 Å². The smallest absolute Gasteiger partial charge is 0.331 e. The number of rotatable bonds is 5. The van der Waals surface area contributed by atoms with Crippen molar-refractivity contribution < 1.29 is 9.18 Å². The van der Waals surface area contributed by atoms with Crippen molar-refractivity contribution in [1.29, 1.82) is 5.26 Å². The highest BCUT2D eigenvalue weighted by molar-refractivity contribution is 5.75. The third kappa shape index (κ3) is 3.66. The average molecular weight is 342 g/mol. The molecule has 1 aromatic carbocycles. The molecule has 0 aliphatic heterocycles. The topological polar surface area (TPSA) is 96.9 Å². The lowest BCUT2D eigenvalue weighted by Gasteiger charge is -2.10. The van der Waals surface area contributed by atoms with Gasteiger partial charge in [0.2, 0.25) is 5.91 Å². The predicted molar refractivity (Wildman–Crippen MR) is 86.2 cm³/mol. The second kappa shape index (κ2) is 6.73. The first-order chi connectivity index (χ1) is 12.0. The van der Waals surface area contributed by atoms with E-state index in [-0.39, 0.29) is 24.0 Å². The number of hydrogen-bond donors (Lipinski definition) is 1. The van der Waals surface area contributed by atoms with Crippen LogP contribution in [0.1, 0.15) is 30.0 Å². The molecule has 1 heterocycles. The Morgan fingerprint density at radius 2 is 1.96 bits per heavy atom. The van der Waals surface area contributed by atoms with E-state index >= 15 is 0 Å². The van der Waals surface area contributed by atoms with Gasteiger partial charge in [-0.15, -0.1) is 0 Å². The molecule has 128 valence electrons. The maximum Gasteiger partial charge on any atom is 0.331 e. The maximum absolute atomic E-state index is 12.9. The number of hydrogen-bond acceptors (Lipinski definition) is 4. The zero-order chi connectivity index (χ0) is 18.0. The van der Waals surface area contributed by atoms with E-state index in [0.29, 0.717) is 5.56 Å². The van der Waals surface area contributed by atoms with E-state index in [1.165, 1.54) is 35.0 Å². The van der Waals surface area contributed by atoms with Crippen LogP contribution in [0.5, 0.6) is 0 Å². The molecule has 0 atom stereocenters. The fourth-order valence-corrected chi connectivity index (χ4v) is 2.45. The normalized spacial score (nSPS) is 13.3. The number of halogens is 1. The Balaban J connectivity index is 1.77. The Bertz CT molecular complexity index is 965. The van der Waals surface area contributed by atoms with Gasteiger partial charge in [0.15, 0.2) is 0 Å². The summed E-state index contributed by atoms with van der Waals surface area (Å²) in [5.41, 5.74) is -0.856. The number of carbonyl (C=O) groups excluding carboxylic acids is 1. The van der Waals surface area contributed by atoms with Crippen molar-refractivity contribution in [1.82, 2.24) is 14.5 Å². The standard InChI is InChI=1S/C17H15FN4O3/c18-13-3-1-11(2-4-13)8-20-15(23)10-22-16(24)12(7-19)9-21(17(22)25)14-5-6-14/h1-4,9,14H,5-6,8,10H2,(H,20,23). The number of aromatic nitrogens is 2. The molecule has 1 amide bonds. The molecular formula is C17H15FN4O3. The van der Waals surface area contributed by atoms with Gasteiger partial charge in [-0.1, -0.05) is 12.1 Å². The lowest BCUT2D eigenvalue weighted by molar-refractivity contribution is -0.121. The molecule has 1 fully saturated rings. The molecule has 2 aromatic rings. The van der Waals surface area contributed by atoms with Gasteiger partial charge in [-0.3, -0.25) is 14.2 Å². The first-order valence-electron chi connectivity index (χ1n) is 7.77. The van der Waals surface area contributed by atoms with Gasteiger partial charge in [0.1, 0.15) is 24.0 Å². The zero-order valence-electron chi connectivity index (χ0n) is 13.2. The van der Waals surface area contributed by atoms with Gasteiger partial charge in [0.25, 0.3) is 5.56 Å².